The zero-order valence-electron chi connectivity index (χ0n) is 12.5. The number of carbonyl (C=O) groups is 2. The first kappa shape index (κ1) is 16.2. The third kappa shape index (κ3) is 4.68. The maximum Gasteiger partial charge on any atom is 0.360 e. The maximum atomic E-state index is 12.1. The fourth-order valence-corrected chi connectivity index (χ4v) is 1.79. The van der Waals surface area contributed by atoms with Crippen molar-refractivity contribution < 1.29 is 18.7 Å². The van der Waals surface area contributed by atoms with Gasteiger partial charge in [0, 0.05) is 13.0 Å². The molecule has 1 rings (SSSR count). The molecule has 0 saturated carbocycles. The molecule has 20 heavy (non-hydrogen) atoms. The van der Waals surface area contributed by atoms with Gasteiger partial charge in [-0.2, -0.15) is 0 Å². The number of hydrogen-bond donors (Lipinski definition) is 0. The number of oxazole rings is 1. The lowest BCUT2D eigenvalue weighted by Gasteiger charge is -2.21. The van der Waals surface area contributed by atoms with Crippen LogP contribution in [-0.4, -0.2) is 35.4 Å². The second-order valence-corrected chi connectivity index (χ2v) is 5.03. The van der Waals surface area contributed by atoms with Crippen molar-refractivity contribution in [2.24, 2.45) is 5.92 Å². The summed E-state index contributed by atoms with van der Waals surface area (Å²) in [6.45, 7) is 6.92. The number of rotatable bonds is 7. The van der Waals surface area contributed by atoms with Crippen molar-refractivity contribution in [1.82, 2.24) is 9.88 Å². The van der Waals surface area contributed by atoms with Gasteiger partial charge in [0.25, 0.3) is 0 Å². The van der Waals surface area contributed by atoms with Crippen LogP contribution in [0.2, 0.25) is 0 Å². The number of hydrogen-bond acceptors (Lipinski definition) is 5. The fourth-order valence-electron chi connectivity index (χ4n) is 1.79. The minimum atomic E-state index is -0.546. The molecule has 0 unspecified atom stereocenters. The molecular formula is C14H22N2O4. The van der Waals surface area contributed by atoms with Gasteiger partial charge in [0.2, 0.25) is 11.8 Å². The zero-order valence-corrected chi connectivity index (χ0v) is 12.5. The van der Waals surface area contributed by atoms with Crippen LogP contribution in [0.25, 0.3) is 0 Å². The van der Waals surface area contributed by atoms with E-state index in [1.54, 1.807) is 4.90 Å². The summed E-state index contributed by atoms with van der Waals surface area (Å²) in [4.78, 5) is 29.1. The number of ether oxygens (including phenoxy) is 1. The summed E-state index contributed by atoms with van der Waals surface area (Å²) in [6, 6.07) is 0. The normalized spacial score (nSPS) is 10.7. The molecule has 1 heterocycles. The summed E-state index contributed by atoms with van der Waals surface area (Å²) in [5, 5.41) is 0. The summed E-state index contributed by atoms with van der Waals surface area (Å²) in [5.41, 5.74) is 0.121. The first-order chi connectivity index (χ1) is 9.47. The monoisotopic (exact) mass is 282 g/mol. The van der Waals surface area contributed by atoms with Gasteiger partial charge in [0.05, 0.1) is 13.7 Å². The largest absolute Gasteiger partial charge is 0.464 e. The highest BCUT2D eigenvalue weighted by atomic mass is 16.5. The molecule has 1 aromatic rings. The topological polar surface area (TPSA) is 72.6 Å². The molecule has 0 aliphatic carbocycles. The first-order valence-electron chi connectivity index (χ1n) is 6.78. The highest BCUT2D eigenvalue weighted by Crippen LogP contribution is 2.11. The van der Waals surface area contributed by atoms with Crippen molar-refractivity contribution >= 4 is 11.9 Å². The van der Waals surface area contributed by atoms with E-state index in [2.05, 4.69) is 9.72 Å². The van der Waals surface area contributed by atoms with Crippen LogP contribution in [0.15, 0.2) is 10.7 Å². The van der Waals surface area contributed by atoms with Crippen LogP contribution in [0.1, 0.15) is 50.0 Å². The molecule has 0 radical (unpaired) electrons. The van der Waals surface area contributed by atoms with Crippen molar-refractivity contribution in [3.8, 4) is 0 Å². The highest BCUT2D eigenvalue weighted by molar-refractivity contribution is 5.86. The number of methoxy groups -OCH3 is 1. The van der Waals surface area contributed by atoms with Crippen molar-refractivity contribution in [1.29, 1.82) is 0 Å². The lowest BCUT2D eigenvalue weighted by atomic mass is 10.1. The van der Waals surface area contributed by atoms with E-state index in [1.807, 2.05) is 20.8 Å². The fraction of sp³-hybridized carbons (Fsp3) is 0.643. The Hall–Kier alpha value is -1.85. The van der Waals surface area contributed by atoms with Crippen LogP contribution in [0.4, 0.5) is 0 Å². The molecule has 0 atom stereocenters. The van der Waals surface area contributed by atoms with E-state index < -0.39 is 5.97 Å². The van der Waals surface area contributed by atoms with Crippen molar-refractivity contribution in [2.45, 2.75) is 40.2 Å². The van der Waals surface area contributed by atoms with E-state index in [0.29, 0.717) is 24.8 Å². The SMILES string of the molecule is CCCN(Cc1nc(C(=O)OC)co1)C(=O)CC(C)C. The second kappa shape index (κ2) is 7.67. The summed E-state index contributed by atoms with van der Waals surface area (Å²) >= 11 is 0. The molecular weight excluding hydrogens is 260 g/mol. The van der Waals surface area contributed by atoms with E-state index >= 15 is 0 Å². The molecule has 0 aliphatic heterocycles. The van der Waals surface area contributed by atoms with Crippen molar-refractivity contribution in [3.63, 3.8) is 0 Å². The van der Waals surface area contributed by atoms with Gasteiger partial charge in [-0.1, -0.05) is 20.8 Å². The predicted molar refractivity (Wildman–Crippen MR) is 73.0 cm³/mol. The average Bonchev–Trinajstić information content (AvgIpc) is 2.85. The Bertz CT molecular complexity index is 454. The van der Waals surface area contributed by atoms with E-state index in [-0.39, 0.29) is 18.1 Å². The van der Waals surface area contributed by atoms with Gasteiger partial charge in [0.1, 0.15) is 6.26 Å². The number of carbonyl (C=O) groups excluding carboxylic acids is 2. The Morgan fingerprint density at radius 3 is 2.70 bits per heavy atom. The Balaban J connectivity index is 2.72. The van der Waals surface area contributed by atoms with Crippen LogP contribution in [0.5, 0.6) is 0 Å². The molecule has 0 N–H and O–H groups in total. The lowest BCUT2D eigenvalue weighted by molar-refractivity contribution is -0.132. The van der Waals surface area contributed by atoms with Crippen LogP contribution >= 0.6 is 0 Å². The Kier molecular flexibility index (Phi) is 6.21. The van der Waals surface area contributed by atoms with E-state index in [9.17, 15) is 9.59 Å². The van der Waals surface area contributed by atoms with E-state index in [0.717, 1.165) is 6.42 Å². The summed E-state index contributed by atoms with van der Waals surface area (Å²) in [6.07, 6.45) is 2.59. The molecule has 0 saturated heterocycles. The van der Waals surface area contributed by atoms with Gasteiger partial charge in [0.15, 0.2) is 5.69 Å². The van der Waals surface area contributed by atoms with Gasteiger partial charge in [-0.05, 0) is 12.3 Å². The number of aromatic nitrogens is 1. The summed E-state index contributed by atoms with van der Waals surface area (Å²) in [7, 11) is 1.28. The number of amides is 1. The predicted octanol–water partition coefficient (Wildman–Crippen LogP) is 2.25. The van der Waals surface area contributed by atoms with Crippen molar-refractivity contribution in [3.05, 3.63) is 17.8 Å². The minimum absolute atomic E-state index is 0.0691. The zero-order chi connectivity index (χ0) is 15.1. The third-order valence-electron chi connectivity index (χ3n) is 2.70. The average molecular weight is 282 g/mol. The van der Waals surface area contributed by atoms with Crippen LogP contribution < -0.4 is 0 Å². The van der Waals surface area contributed by atoms with E-state index in [4.69, 9.17) is 4.42 Å². The Labute approximate surface area is 119 Å². The molecule has 6 heteroatoms. The molecule has 0 fully saturated rings. The standard InChI is InChI=1S/C14H22N2O4/c1-5-6-16(13(17)7-10(2)3)8-12-15-11(9-20-12)14(18)19-4/h9-10H,5-8H2,1-4H3. The van der Waals surface area contributed by atoms with Gasteiger partial charge in [-0.3, -0.25) is 4.79 Å². The molecule has 0 spiro atoms. The van der Waals surface area contributed by atoms with Crippen LogP contribution in [0, 0.1) is 5.92 Å². The van der Waals surface area contributed by atoms with Crippen LogP contribution in [0.3, 0.4) is 0 Å². The van der Waals surface area contributed by atoms with Crippen LogP contribution in [-0.2, 0) is 16.1 Å². The minimum Gasteiger partial charge on any atom is -0.464 e. The van der Waals surface area contributed by atoms with Crippen molar-refractivity contribution in [2.75, 3.05) is 13.7 Å². The maximum absolute atomic E-state index is 12.1. The Morgan fingerprint density at radius 2 is 2.15 bits per heavy atom. The lowest BCUT2D eigenvalue weighted by Crippen LogP contribution is -2.32. The molecule has 0 aliphatic rings. The molecule has 0 bridgehead atoms. The highest BCUT2D eigenvalue weighted by Gasteiger charge is 2.18. The summed E-state index contributed by atoms with van der Waals surface area (Å²) in [5.74, 6) is 0.170. The van der Waals surface area contributed by atoms with E-state index in [1.165, 1.54) is 13.4 Å². The quantitative estimate of drug-likeness (QED) is 0.717. The summed E-state index contributed by atoms with van der Waals surface area (Å²) < 4.78 is 9.77. The van der Waals surface area contributed by atoms with Gasteiger partial charge >= 0.3 is 5.97 Å². The number of esters is 1. The Morgan fingerprint density at radius 1 is 1.45 bits per heavy atom. The third-order valence-corrected chi connectivity index (χ3v) is 2.70. The molecule has 6 nitrogen and oxygen atoms in total. The van der Waals surface area contributed by atoms with Gasteiger partial charge < -0.3 is 14.1 Å². The molecule has 1 aromatic heterocycles. The smallest absolute Gasteiger partial charge is 0.360 e. The first-order valence-corrected chi connectivity index (χ1v) is 6.78. The second-order valence-electron chi connectivity index (χ2n) is 5.03. The molecule has 112 valence electrons. The number of nitrogens with zero attached hydrogens (tertiary/aromatic N) is 2. The van der Waals surface area contributed by atoms with Gasteiger partial charge in [-0.25, -0.2) is 9.78 Å². The molecule has 0 aromatic carbocycles. The van der Waals surface area contributed by atoms with Gasteiger partial charge in [-0.15, -0.1) is 0 Å². The molecule has 1 amide bonds.